The molecule has 0 spiro atoms. The van der Waals surface area contributed by atoms with Crippen molar-refractivity contribution in [2.24, 2.45) is 5.73 Å². The summed E-state index contributed by atoms with van der Waals surface area (Å²) in [5.74, 6) is 0.805. The van der Waals surface area contributed by atoms with Crippen molar-refractivity contribution >= 4 is 26.9 Å². The zero-order chi connectivity index (χ0) is 13.4. The van der Waals surface area contributed by atoms with Crippen molar-refractivity contribution in [1.82, 2.24) is 4.98 Å². The fourth-order valence-electron chi connectivity index (χ4n) is 2.23. The van der Waals surface area contributed by atoms with Crippen LogP contribution in [0.4, 0.5) is 0 Å². The summed E-state index contributed by atoms with van der Waals surface area (Å²) in [6.45, 7) is 2.04. The molecule has 0 amide bonds. The largest absolute Gasteiger partial charge is 0.459 e. The maximum absolute atomic E-state index is 6.29. The van der Waals surface area contributed by atoms with E-state index >= 15 is 0 Å². The molecule has 1 atom stereocenters. The Bertz CT molecular complexity index is 722. The van der Waals surface area contributed by atoms with E-state index in [1.165, 1.54) is 0 Å². The molecule has 0 saturated heterocycles. The molecular formula is C15H13BrN2O. The minimum absolute atomic E-state index is 0.269. The summed E-state index contributed by atoms with van der Waals surface area (Å²) in [5.41, 5.74) is 9.23. The fourth-order valence-corrected chi connectivity index (χ4v) is 2.59. The Morgan fingerprint density at radius 1 is 1.21 bits per heavy atom. The van der Waals surface area contributed by atoms with Crippen LogP contribution in [0.1, 0.15) is 22.9 Å². The number of rotatable bonds is 2. The van der Waals surface area contributed by atoms with Crippen LogP contribution in [0.2, 0.25) is 0 Å². The van der Waals surface area contributed by atoms with E-state index in [4.69, 9.17) is 10.2 Å². The first-order valence-electron chi connectivity index (χ1n) is 6.01. The molecule has 2 aromatic heterocycles. The molecule has 19 heavy (non-hydrogen) atoms. The lowest BCUT2D eigenvalue weighted by atomic mass is 10.0. The molecule has 3 rings (SSSR count). The second kappa shape index (κ2) is 4.79. The third-order valence-electron chi connectivity index (χ3n) is 3.28. The van der Waals surface area contributed by atoms with Gasteiger partial charge in [0.1, 0.15) is 11.3 Å². The van der Waals surface area contributed by atoms with E-state index < -0.39 is 0 Å². The second-order valence-electron chi connectivity index (χ2n) is 4.49. The summed E-state index contributed by atoms with van der Waals surface area (Å²) in [6, 6.07) is 9.52. The number of hydrogen-bond donors (Lipinski definition) is 1. The maximum Gasteiger partial charge on any atom is 0.134 e. The van der Waals surface area contributed by atoms with Gasteiger partial charge in [0.25, 0.3) is 0 Å². The van der Waals surface area contributed by atoms with Crippen molar-refractivity contribution in [1.29, 1.82) is 0 Å². The van der Waals surface area contributed by atoms with Crippen LogP contribution < -0.4 is 5.73 Å². The van der Waals surface area contributed by atoms with E-state index in [9.17, 15) is 0 Å². The van der Waals surface area contributed by atoms with Gasteiger partial charge in [0, 0.05) is 27.8 Å². The van der Waals surface area contributed by atoms with Crippen molar-refractivity contribution in [3.05, 3.63) is 64.1 Å². The summed E-state index contributed by atoms with van der Waals surface area (Å²) in [5, 5.41) is 1.09. The van der Waals surface area contributed by atoms with Crippen molar-refractivity contribution in [3.63, 3.8) is 0 Å². The van der Waals surface area contributed by atoms with Crippen molar-refractivity contribution in [2.45, 2.75) is 13.0 Å². The van der Waals surface area contributed by atoms with E-state index in [1.54, 1.807) is 12.4 Å². The Hall–Kier alpha value is -1.65. The number of furan rings is 1. The smallest absolute Gasteiger partial charge is 0.134 e. The molecular weight excluding hydrogens is 304 g/mol. The first-order valence-corrected chi connectivity index (χ1v) is 6.80. The van der Waals surface area contributed by atoms with Gasteiger partial charge in [-0.25, -0.2) is 0 Å². The molecule has 0 fully saturated rings. The van der Waals surface area contributed by atoms with Gasteiger partial charge in [-0.15, -0.1) is 0 Å². The molecule has 0 aliphatic heterocycles. The van der Waals surface area contributed by atoms with Gasteiger partial charge in [0.15, 0.2) is 0 Å². The predicted molar refractivity (Wildman–Crippen MR) is 78.9 cm³/mol. The molecule has 0 radical (unpaired) electrons. The van der Waals surface area contributed by atoms with Crippen LogP contribution in [0, 0.1) is 6.92 Å². The molecule has 2 N–H and O–H groups in total. The SMILES string of the molecule is Cc1c(C(N)c2ccncc2)oc2ccc(Br)cc12. The highest BCUT2D eigenvalue weighted by molar-refractivity contribution is 9.10. The topological polar surface area (TPSA) is 52.0 Å². The summed E-state index contributed by atoms with van der Waals surface area (Å²) < 4.78 is 6.94. The zero-order valence-electron chi connectivity index (χ0n) is 10.4. The number of pyridine rings is 1. The highest BCUT2D eigenvalue weighted by Crippen LogP contribution is 2.32. The van der Waals surface area contributed by atoms with E-state index in [1.807, 2.05) is 31.2 Å². The lowest BCUT2D eigenvalue weighted by Crippen LogP contribution is -2.11. The third-order valence-corrected chi connectivity index (χ3v) is 3.78. The second-order valence-corrected chi connectivity index (χ2v) is 5.41. The minimum atomic E-state index is -0.269. The molecule has 4 heteroatoms. The first-order chi connectivity index (χ1) is 9.16. The van der Waals surface area contributed by atoms with Gasteiger partial charge in [0.2, 0.25) is 0 Å². The molecule has 3 aromatic rings. The van der Waals surface area contributed by atoms with Gasteiger partial charge in [-0.05, 0) is 42.8 Å². The van der Waals surface area contributed by atoms with E-state index in [-0.39, 0.29) is 6.04 Å². The quantitative estimate of drug-likeness (QED) is 0.779. The van der Waals surface area contributed by atoms with Crippen LogP contribution in [0.15, 0.2) is 51.6 Å². The average Bonchev–Trinajstić information content (AvgIpc) is 2.76. The van der Waals surface area contributed by atoms with E-state index in [0.29, 0.717) is 0 Å². The highest BCUT2D eigenvalue weighted by Gasteiger charge is 2.18. The number of benzene rings is 1. The van der Waals surface area contributed by atoms with Gasteiger partial charge < -0.3 is 10.2 Å². The molecule has 0 saturated carbocycles. The van der Waals surface area contributed by atoms with E-state index in [0.717, 1.165) is 32.3 Å². The number of nitrogens with zero attached hydrogens (tertiary/aromatic N) is 1. The maximum atomic E-state index is 6.29. The Kier molecular flexibility index (Phi) is 3.12. The van der Waals surface area contributed by atoms with Crippen molar-refractivity contribution in [2.75, 3.05) is 0 Å². The standard InChI is InChI=1S/C15H13BrN2O/c1-9-12-8-11(16)2-3-13(12)19-15(9)14(17)10-4-6-18-7-5-10/h2-8,14H,17H2,1H3. The Morgan fingerprint density at radius 2 is 1.95 bits per heavy atom. The van der Waals surface area contributed by atoms with Crippen molar-refractivity contribution in [3.8, 4) is 0 Å². The number of nitrogens with two attached hydrogens (primary N) is 1. The summed E-state index contributed by atoms with van der Waals surface area (Å²) in [7, 11) is 0. The zero-order valence-corrected chi connectivity index (χ0v) is 12.0. The number of aromatic nitrogens is 1. The first kappa shape index (κ1) is 12.4. The Balaban J connectivity index is 2.13. The number of fused-ring (bicyclic) bond motifs is 1. The van der Waals surface area contributed by atoms with Crippen LogP contribution in [0.25, 0.3) is 11.0 Å². The van der Waals surface area contributed by atoms with Gasteiger partial charge in [-0.3, -0.25) is 4.98 Å². The van der Waals surface area contributed by atoms with Crippen LogP contribution in [0.3, 0.4) is 0 Å². The average molecular weight is 317 g/mol. The van der Waals surface area contributed by atoms with E-state index in [2.05, 4.69) is 27.0 Å². The monoisotopic (exact) mass is 316 g/mol. The number of aryl methyl sites for hydroxylation is 1. The normalized spacial score (nSPS) is 12.8. The lowest BCUT2D eigenvalue weighted by molar-refractivity contribution is 0.521. The highest BCUT2D eigenvalue weighted by atomic mass is 79.9. The lowest BCUT2D eigenvalue weighted by Gasteiger charge is -2.09. The molecule has 0 aliphatic rings. The van der Waals surface area contributed by atoms with Crippen LogP contribution >= 0.6 is 15.9 Å². The van der Waals surface area contributed by atoms with Gasteiger partial charge in [-0.2, -0.15) is 0 Å². The minimum Gasteiger partial charge on any atom is -0.459 e. The van der Waals surface area contributed by atoms with Gasteiger partial charge in [0.05, 0.1) is 6.04 Å². The van der Waals surface area contributed by atoms with Gasteiger partial charge in [-0.1, -0.05) is 15.9 Å². The molecule has 2 heterocycles. The third kappa shape index (κ3) is 2.17. The summed E-state index contributed by atoms with van der Waals surface area (Å²) >= 11 is 3.48. The number of hydrogen-bond acceptors (Lipinski definition) is 3. The number of halogens is 1. The molecule has 0 bridgehead atoms. The summed E-state index contributed by atoms with van der Waals surface area (Å²) in [6.07, 6.45) is 3.48. The van der Waals surface area contributed by atoms with Crippen LogP contribution in [-0.2, 0) is 0 Å². The molecule has 3 nitrogen and oxygen atoms in total. The Morgan fingerprint density at radius 3 is 2.68 bits per heavy atom. The summed E-state index contributed by atoms with van der Waals surface area (Å²) in [4.78, 5) is 4.01. The fraction of sp³-hybridized carbons (Fsp3) is 0.133. The molecule has 0 aliphatic carbocycles. The molecule has 1 aromatic carbocycles. The Labute approximate surface area is 119 Å². The predicted octanol–water partition coefficient (Wildman–Crippen LogP) is 3.95. The van der Waals surface area contributed by atoms with Crippen LogP contribution in [-0.4, -0.2) is 4.98 Å². The van der Waals surface area contributed by atoms with Crippen LogP contribution in [0.5, 0.6) is 0 Å². The molecule has 1 unspecified atom stereocenters. The molecule has 96 valence electrons. The van der Waals surface area contributed by atoms with Gasteiger partial charge >= 0.3 is 0 Å². The van der Waals surface area contributed by atoms with Crippen molar-refractivity contribution < 1.29 is 4.42 Å².